The number of amides is 1. The van der Waals surface area contributed by atoms with Crippen molar-refractivity contribution in [2.45, 2.75) is 13.3 Å². The third-order valence-corrected chi connectivity index (χ3v) is 2.70. The summed E-state index contributed by atoms with van der Waals surface area (Å²) in [6.45, 7) is 2.03. The van der Waals surface area contributed by atoms with Gasteiger partial charge in [-0.3, -0.25) is 14.9 Å². The van der Waals surface area contributed by atoms with Gasteiger partial charge in [0.1, 0.15) is 5.69 Å². The standard InChI is InChI=1S/C12H13N5O4/c1-7-15-11(21-16-7)4-5-14-9-6-8(12(13)18)2-3-10(9)17(19)20/h2-3,6,14H,4-5H2,1H3,(H2,13,18). The quantitative estimate of drug-likeness (QED) is 0.599. The highest BCUT2D eigenvalue weighted by Gasteiger charge is 2.15. The third kappa shape index (κ3) is 3.53. The van der Waals surface area contributed by atoms with Crippen molar-refractivity contribution in [1.82, 2.24) is 10.1 Å². The molecule has 3 N–H and O–H groups in total. The minimum atomic E-state index is -0.652. The molecule has 0 aliphatic carbocycles. The maximum Gasteiger partial charge on any atom is 0.292 e. The lowest BCUT2D eigenvalue weighted by atomic mass is 10.1. The molecule has 0 aliphatic rings. The molecule has 0 fully saturated rings. The number of hydrogen-bond donors (Lipinski definition) is 2. The highest BCUT2D eigenvalue weighted by Crippen LogP contribution is 2.25. The van der Waals surface area contributed by atoms with E-state index in [4.69, 9.17) is 10.3 Å². The number of benzene rings is 1. The summed E-state index contributed by atoms with van der Waals surface area (Å²) >= 11 is 0. The maximum absolute atomic E-state index is 11.1. The van der Waals surface area contributed by atoms with Gasteiger partial charge in [0.05, 0.1) is 4.92 Å². The highest BCUT2D eigenvalue weighted by molar-refractivity contribution is 5.94. The molecule has 1 amide bonds. The first-order valence-corrected chi connectivity index (χ1v) is 6.08. The molecule has 0 saturated carbocycles. The summed E-state index contributed by atoms with van der Waals surface area (Å²) in [4.78, 5) is 25.6. The molecule has 1 aromatic heterocycles. The fourth-order valence-electron chi connectivity index (χ4n) is 1.74. The Hall–Kier alpha value is -2.97. The van der Waals surface area contributed by atoms with Gasteiger partial charge in [0.25, 0.3) is 5.69 Å². The summed E-state index contributed by atoms with van der Waals surface area (Å²) in [6, 6.07) is 3.89. The van der Waals surface area contributed by atoms with E-state index in [-0.39, 0.29) is 16.9 Å². The van der Waals surface area contributed by atoms with Crippen molar-refractivity contribution >= 4 is 17.3 Å². The van der Waals surface area contributed by atoms with Crippen molar-refractivity contribution in [2.75, 3.05) is 11.9 Å². The van der Waals surface area contributed by atoms with Crippen LogP contribution < -0.4 is 11.1 Å². The predicted molar refractivity (Wildman–Crippen MR) is 72.8 cm³/mol. The number of nitrogens with one attached hydrogen (secondary N) is 1. The van der Waals surface area contributed by atoms with Crippen LogP contribution in [0.1, 0.15) is 22.1 Å². The number of nitro groups is 1. The molecule has 0 saturated heterocycles. The first-order valence-electron chi connectivity index (χ1n) is 6.08. The monoisotopic (exact) mass is 291 g/mol. The largest absolute Gasteiger partial charge is 0.379 e. The number of primary amides is 1. The van der Waals surface area contributed by atoms with Gasteiger partial charge in [0.15, 0.2) is 5.82 Å². The number of aromatic nitrogens is 2. The van der Waals surface area contributed by atoms with Gasteiger partial charge in [-0.1, -0.05) is 5.16 Å². The van der Waals surface area contributed by atoms with Crippen LogP contribution in [0.3, 0.4) is 0 Å². The Labute approximate surface area is 119 Å². The Balaban J connectivity index is 2.11. The number of carbonyl (C=O) groups excluding carboxylic acids is 1. The highest BCUT2D eigenvalue weighted by atomic mass is 16.6. The van der Waals surface area contributed by atoms with E-state index in [0.717, 1.165) is 0 Å². The van der Waals surface area contributed by atoms with Crippen molar-refractivity contribution < 1.29 is 14.2 Å². The molecule has 110 valence electrons. The van der Waals surface area contributed by atoms with E-state index in [9.17, 15) is 14.9 Å². The minimum absolute atomic E-state index is 0.137. The zero-order valence-electron chi connectivity index (χ0n) is 11.2. The van der Waals surface area contributed by atoms with Crippen LogP contribution in [0.2, 0.25) is 0 Å². The van der Waals surface area contributed by atoms with Gasteiger partial charge in [-0.25, -0.2) is 0 Å². The summed E-state index contributed by atoms with van der Waals surface area (Å²) in [6.07, 6.45) is 0.402. The van der Waals surface area contributed by atoms with Crippen molar-refractivity contribution in [3.05, 3.63) is 45.6 Å². The summed E-state index contributed by atoms with van der Waals surface area (Å²) in [5.41, 5.74) is 5.43. The van der Waals surface area contributed by atoms with Gasteiger partial charge in [0.2, 0.25) is 11.8 Å². The molecule has 0 radical (unpaired) electrons. The molecule has 9 nitrogen and oxygen atoms in total. The summed E-state index contributed by atoms with van der Waals surface area (Å²) in [5, 5.41) is 17.5. The lowest BCUT2D eigenvalue weighted by Crippen LogP contribution is -2.13. The predicted octanol–water partition coefficient (Wildman–Crippen LogP) is 1.04. The Morgan fingerprint density at radius 2 is 2.29 bits per heavy atom. The lowest BCUT2D eigenvalue weighted by Gasteiger charge is -2.07. The number of rotatable bonds is 6. The molecule has 1 heterocycles. The second-order valence-electron chi connectivity index (χ2n) is 4.27. The number of nitro benzene ring substituents is 1. The van der Waals surface area contributed by atoms with E-state index in [1.807, 2.05) is 0 Å². The van der Waals surface area contributed by atoms with Crippen LogP contribution in [0.4, 0.5) is 11.4 Å². The normalized spacial score (nSPS) is 10.3. The van der Waals surface area contributed by atoms with Crippen LogP contribution in [0.25, 0.3) is 0 Å². The van der Waals surface area contributed by atoms with Crippen LogP contribution in [0.15, 0.2) is 22.7 Å². The number of carbonyl (C=O) groups is 1. The molecule has 2 rings (SSSR count). The molecule has 0 unspecified atom stereocenters. The van der Waals surface area contributed by atoms with Gasteiger partial charge in [0, 0.05) is 24.6 Å². The van der Waals surface area contributed by atoms with Crippen LogP contribution in [0, 0.1) is 17.0 Å². The summed E-state index contributed by atoms with van der Waals surface area (Å²) in [7, 11) is 0. The van der Waals surface area contributed by atoms with Gasteiger partial charge >= 0.3 is 0 Å². The zero-order valence-corrected chi connectivity index (χ0v) is 11.2. The first kappa shape index (κ1) is 14.4. The molecule has 21 heavy (non-hydrogen) atoms. The SMILES string of the molecule is Cc1noc(CCNc2cc(C(N)=O)ccc2[N+](=O)[O-])n1. The minimum Gasteiger partial charge on any atom is -0.379 e. The molecule has 0 bridgehead atoms. The lowest BCUT2D eigenvalue weighted by molar-refractivity contribution is -0.384. The van der Waals surface area contributed by atoms with E-state index in [2.05, 4.69) is 15.5 Å². The fourth-order valence-corrected chi connectivity index (χ4v) is 1.74. The van der Waals surface area contributed by atoms with E-state index < -0.39 is 10.8 Å². The van der Waals surface area contributed by atoms with Crippen LogP contribution in [0.5, 0.6) is 0 Å². The molecule has 0 aliphatic heterocycles. The van der Waals surface area contributed by atoms with Crippen molar-refractivity contribution in [1.29, 1.82) is 0 Å². The van der Waals surface area contributed by atoms with E-state index in [0.29, 0.717) is 24.7 Å². The Morgan fingerprint density at radius 3 is 2.86 bits per heavy atom. The topological polar surface area (TPSA) is 137 Å². The number of nitrogens with two attached hydrogens (primary N) is 1. The average molecular weight is 291 g/mol. The molecular weight excluding hydrogens is 278 g/mol. The van der Waals surface area contributed by atoms with Crippen LogP contribution in [-0.2, 0) is 6.42 Å². The fraction of sp³-hybridized carbons (Fsp3) is 0.250. The van der Waals surface area contributed by atoms with Crippen molar-refractivity contribution in [2.24, 2.45) is 5.73 Å². The number of hydrogen-bond acceptors (Lipinski definition) is 7. The van der Waals surface area contributed by atoms with Crippen LogP contribution >= 0.6 is 0 Å². The Morgan fingerprint density at radius 1 is 1.52 bits per heavy atom. The number of nitrogens with zero attached hydrogens (tertiary/aromatic N) is 3. The maximum atomic E-state index is 11.1. The second kappa shape index (κ2) is 5.99. The average Bonchev–Trinajstić information content (AvgIpc) is 2.84. The molecule has 9 heteroatoms. The van der Waals surface area contributed by atoms with Gasteiger partial charge in [-0.15, -0.1) is 0 Å². The Kier molecular flexibility index (Phi) is 4.12. The molecular formula is C12H13N5O4. The van der Waals surface area contributed by atoms with Crippen molar-refractivity contribution in [3.8, 4) is 0 Å². The van der Waals surface area contributed by atoms with Gasteiger partial charge in [-0.2, -0.15) is 4.98 Å². The van der Waals surface area contributed by atoms with E-state index in [1.54, 1.807) is 6.92 Å². The van der Waals surface area contributed by atoms with E-state index >= 15 is 0 Å². The van der Waals surface area contributed by atoms with Gasteiger partial charge < -0.3 is 15.6 Å². The Bertz CT molecular complexity index is 682. The molecule has 2 aromatic rings. The van der Waals surface area contributed by atoms with Gasteiger partial charge in [-0.05, 0) is 19.1 Å². The number of aryl methyl sites for hydroxylation is 1. The summed E-state index contributed by atoms with van der Waals surface area (Å²) < 4.78 is 4.93. The third-order valence-electron chi connectivity index (χ3n) is 2.70. The molecule has 1 aromatic carbocycles. The molecule has 0 spiro atoms. The molecule has 0 atom stereocenters. The van der Waals surface area contributed by atoms with E-state index in [1.165, 1.54) is 18.2 Å². The first-order chi connectivity index (χ1) is 9.97. The number of anilines is 1. The zero-order chi connectivity index (χ0) is 15.4. The van der Waals surface area contributed by atoms with Crippen LogP contribution in [-0.4, -0.2) is 27.5 Å². The smallest absolute Gasteiger partial charge is 0.292 e. The van der Waals surface area contributed by atoms with Crippen molar-refractivity contribution in [3.63, 3.8) is 0 Å². The summed E-state index contributed by atoms with van der Waals surface area (Å²) in [5.74, 6) is 0.292. The second-order valence-corrected chi connectivity index (χ2v) is 4.27.